The number of nitrogens with zero attached hydrogens (tertiary/aromatic N) is 1. The lowest BCUT2D eigenvalue weighted by Crippen LogP contribution is -2.14. The summed E-state index contributed by atoms with van der Waals surface area (Å²) in [5, 5.41) is 6.52. The van der Waals surface area contributed by atoms with Crippen molar-refractivity contribution in [2.75, 3.05) is 5.32 Å². The Morgan fingerprint density at radius 3 is 2.54 bits per heavy atom. The topological polar surface area (TPSA) is 42.0 Å². The number of hydrogen-bond acceptors (Lipinski definition) is 3. The standard InChI is InChI=1S/C24H22N2OS/c1-16-10-12-20(13-11-16)26-23(27)15-22-17(2)25-24(28-22)14-19-8-5-7-18-6-3-4-9-21(18)19/h3-13H,14-15H2,1-2H3,(H,26,27). The fourth-order valence-corrected chi connectivity index (χ4v) is 4.42. The van der Waals surface area contributed by atoms with E-state index in [1.165, 1.54) is 21.9 Å². The van der Waals surface area contributed by atoms with Crippen LogP contribution in [0.2, 0.25) is 0 Å². The molecule has 1 amide bonds. The fourth-order valence-electron chi connectivity index (χ4n) is 3.33. The number of amides is 1. The van der Waals surface area contributed by atoms with Gasteiger partial charge in [0.2, 0.25) is 5.91 Å². The molecule has 0 aliphatic heterocycles. The molecule has 4 rings (SSSR count). The monoisotopic (exact) mass is 386 g/mol. The molecule has 140 valence electrons. The molecule has 0 radical (unpaired) electrons. The van der Waals surface area contributed by atoms with E-state index in [2.05, 4.69) is 47.8 Å². The van der Waals surface area contributed by atoms with E-state index in [0.29, 0.717) is 6.42 Å². The number of aromatic nitrogens is 1. The maximum Gasteiger partial charge on any atom is 0.229 e. The first-order valence-electron chi connectivity index (χ1n) is 9.37. The van der Waals surface area contributed by atoms with Crippen LogP contribution in [0, 0.1) is 13.8 Å². The quantitative estimate of drug-likeness (QED) is 0.479. The molecule has 0 spiro atoms. The van der Waals surface area contributed by atoms with Gasteiger partial charge in [-0.1, -0.05) is 60.2 Å². The summed E-state index contributed by atoms with van der Waals surface area (Å²) in [5.41, 5.74) is 4.21. The first-order chi connectivity index (χ1) is 13.6. The van der Waals surface area contributed by atoms with Crippen molar-refractivity contribution in [2.24, 2.45) is 0 Å². The molecule has 0 saturated heterocycles. The number of carbonyl (C=O) groups excluding carboxylic acids is 1. The second kappa shape index (κ2) is 7.95. The van der Waals surface area contributed by atoms with Gasteiger partial charge in [-0.25, -0.2) is 4.98 Å². The Hall–Kier alpha value is -2.98. The van der Waals surface area contributed by atoms with Gasteiger partial charge in [-0.15, -0.1) is 11.3 Å². The molecule has 0 aliphatic rings. The largest absolute Gasteiger partial charge is 0.326 e. The summed E-state index contributed by atoms with van der Waals surface area (Å²) >= 11 is 1.63. The normalized spacial score (nSPS) is 10.9. The van der Waals surface area contributed by atoms with Crippen LogP contribution < -0.4 is 5.32 Å². The zero-order valence-electron chi connectivity index (χ0n) is 16.0. The zero-order valence-corrected chi connectivity index (χ0v) is 16.8. The molecular weight excluding hydrogens is 364 g/mol. The number of nitrogens with one attached hydrogen (secondary N) is 1. The van der Waals surface area contributed by atoms with Gasteiger partial charge in [0.15, 0.2) is 0 Å². The van der Waals surface area contributed by atoms with Crippen LogP contribution in [-0.4, -0.2) is 10.9 Å². The van der Waals surface area contributed by atoms with Gasteiger partial charge in [-0.3, -0.25) is 4.79 Å². The molecule has 0 bridgehead atoms. The van der Waals surface area contributed by atoms with E-state index >= 15 is 0 Å². The minimum Gasteiger partial charge on any atom is -0.326 e. The molecule has 0 fully saturated rings. The molecule has 1 heterocycles. The number of benzene rings is 3. The Balaban J connectivity index is 1.49. The van der Waals surface area contributed by atoms with Gasteiger partial charge in [-0.05, 0) is 42.3 Å². The van der Waals surface area contributed by atoms with Crippen molar-refractivity contribution in [2.45, 2.75) is 26.7 Å². The minimum absolute atomic E-state index is 0.00712. The Morgan fingerprint density at radius 2 is 1.71 bits per heavy atom. The second-order valence-electron chi connectivity index (χ2n) is 7.02. The number of carbonyl (C=O) groups is 1. The molecule has 1 aromatic heterocycles. The maximum absolute atomic E-state index is 12.4. The number of anilines is 1. The van der Waals surface area contributed by atoms with Gasteiger partial charge in [0.05, 0.1) is 17.1 Å². The average molecular weight is 387 g/mol. The zero-order chi connectivity index (χ0) is 19.5. The van der Waals surface area contributed by atoms with Crippen molar-refractivity contribution in [1.82, 2.24) is 4.98 Å². The lowest BCUT2D eigenvalue weighted by molar-refractivity contribution is -0.115. The van der Waals surface area contributed by atoms with Gasteiger partial charge >= 0.3 is 0 Å². The van der Waals surface area contributed by atoms with E-state index in [-0.39, 0.29) is 5.91 Å². The third-order valence-corrected chi connectivity index (χ3v) is 5.97. The number of rotatable bonds is 5. The third kappa shape index (κ3) is 4.12. The summed E-state index contributed by atoms with van der Waals surface area (Å²) in [4.78, 5) is 18.2. The number of fused-ring (bicyclic) bond motifs is 1. The highest BCUT2D eigenvalue weighted by atomic mass is 32.1. The van der Waals surface area contributed by atoms with Crippen molar-refractivity contribution in [3.63, 3.8) is 0 Å². The molecule has 3 nitrogen and oxygen atoms in total. The van der Waals surface area contributed by atoms with E-state index in [0.717, 1.165) is 27.7 Å². The van der Waals surface area contributed by atoms with E-state index in [4.69, 9.17) is 4.98 Å². The Kier molecular flexibility index (Phi) is 5.22. The summed E-state index contributed by atoms with van der Waals surface area (Å²) in [6.45, 7) is 4.02. The lowest BCUT2D eigenvalue weighted by atomic mass is 10.0. The van der Waals surface area contributed by atoms with Gasteiger partial charge in [0.25, 0.3) is 0 Å². The van der Waals surface area contributed by atoms with Crippen molar-refractivity contribution in [3.8, 4) is 0 Å². The van der Waals surface area contributed by atoms with Crippen molar-refractivity contribution >= 4 is 33.7 Å². The molecule has 0 aliphatic carbocycles. The summed E-state index contributed by atoms with van der Waals surface area (Å²) in [7, 11) is 0. The van der Waals surface area contributed by atoms with Crippen LogP contribution in [-0.2, 0) is 17.6 Å². The van der Waals surface area contributed by atoms with E-state index in [1.807, 2.05) is 38.1 Å². The summed E-state index contributed by atoms with van der Waals surface area (Å²) in [6, 6.07) is 22.6. The predicted molar refractivity (Wildman–Crippen MR) is 117 cm³/mol. The van der Waals surface area contributed by atoms with E-state index < -0.39 is 0 Å². The van der Waals surface area contributed by atoms with Crippen LogP contribution in [0.4, 0.5) is 5.69 Å². The summed E-state index contributed by atoms with van der Waals surface area (Å²) in [6.07, 6.45) is 1.14. The molecule has 4 heteroatoms. The molecule has 0 atom stereocenters. The maximum atomic E-state index is 12.4. The minimum atomic E-state index is -0.00712. The third-order valence-electron chi connectivity index (χ3n) is 4.82. The number of thiazole rings is 1. The van der Waals surface area contributed by atoms with Gasteiger partial charge in [-0.2, -0.15) is 0 Å². The Bertz CT molecular complexity index is 1120. The molecule has 3 aromatic carbocycles. The van der Waals surface area contributed by atoms with Gasteiger partial charge < -0.3 is 5.32 Å². The SMILES string of the molecule is Cc1ccc(NC(=O)Cc2sc(Cc3cccc4ccccc34)nc2C)cc1. The van der Waals surface area contributed by atoms with E-state index in [1.54, 1.807) is 11.3 Å². The second-order valence-corrected chi connectivity index (χ2v) is 8.19. The molecule has 4 aromatic rings. The predicted octanol–water partition coefficient (Wildman–Crippen LogP) is 5.69. The first-order valence-corrected chi connectivity index (χ1v) is 10.2. The van der Waals surface area contributed by atoms with Crippen LogP contribution in [0.3, 0.4) is 0 Å². The van der Waals surface area contributed by atoms with Gasteiger partial charge in [0.1, 0.15) is 0 Å². The average Bonchev–Trinajstić information content (AvgIpc) is 3.03. The van der Waals surface area contributed by atoms with Crippen molar-refractivity contribution < 1.29 is 4.79 Å². The van der Waals surface area contributed by atoms with Crippen LogP contribution in [0.1, 0.15) is 26.7 Å². The molecule has 0 saturated carbocycles. The summed E-state index contributed by atoms with van der Waals surface area (Å²) in [5.74, 6) is -0.00712. The fraction of sp³-hybridized carbons (Fsp3) is 0.167. The lowest BCUT2D eigenvalue weighted by Gasteiger charge is -2.05. The van der Waals surface area contributed by atoms with Crippen LogP contribution in [0.25, 0.3) is 10.8 Å². The first kappa shape index (κ1) is 18.4. The highest BCUT2D eigenvalue weighted by Crippen LogP contribution is 2.25. The molecule has 0 unspecified atom stereocenters. The van der Waals surface area contributed by atoms with Crippen molar-refractivity contribution in [1.29, 1.82) is 0 Å². The van der Waals surface area contributed by atoms with Gasteiger partial charge in [0, 0.05) is 17.0 Å². The Morgan fingerprint density at radius 1 is 0.964 bits per heavy atom. The number of hydrogen-bond donors (Lipinski definition) is 1. The highest BCUT2D eigenvalue weighted by molar-refractivity contribution is 7.11. The van der Waals surface area contributed by atoms with E-state index in [9.17, 15) is 4.79 Å². The van der Waals surface area contributed by atoms with Crippen LogP contribution in [0.5, 0.6) is 0 Å². The molecular formula is C24H22N2OS. The van der Waals surface area contributed by atoms with Crippen molar-refractivity contribution in [3.05, 3.63) is 93.4 Å². The highest BCUT2D eigenvalue weighted by Gasteiger charge is 2.13. The smallest absolute Gasteiger partial charge is 0.229 e. The van der Waals surface area contributed by atoms with Crippen LogP contribution >= 0.6 is 11.3 Å². The summed E-state index contributed by atoms with van der Waals surface area (Å²) < 4.78 is 0. The molecule has 1 N–H and O–H groups in total. The molecule has 28 heavy (non-hydrogen) atoms. The number of aryl methyl sites for hydroxylation is 2. The Labute approximate surface area is 169 Å². The van der Waals surface area contributed by atoms with Crippen LogP contribution in [0.15, 0.2) is 66.7 Å².